The van der Waals surface area contributed by atoms with Crippen LogP contribution in [0.3, 0.4) is 0 Å². The summed E-state index contributed by atoms with van der Waals surface area (Å²) in [6.45, 7) is 5.18. The van der Waals surface area contributed by atoms with Crippen LogP contribution < -0.4 is 10.7 Å². The molecule has 1 aliphatic heterocycles. The average Bonchev–Trinajstić information content (AvgIpc) is 3.18. The number of carbonyl (C=O) groups is 1. The van der Waals surface area contributed by atoms with E-state index in [1.807, 2.05) is 0 Å². The number of allylic oxidation sites excluding steroid dienone is 1. The molecule has 164 valence electrons. The van der Waals surface area contributed by atoms with Crippen LogP contribution in [-0.4, -0.2) is 43.7 Å². The van der Waals surface area contributed by atoms with E-state index in [2.05, 4.69) is 47.5 Å². The fourth-order valence-corrected chi connectivity index (χ4v) is 4.33. The van der Waals surface area contributed by atoms with Gasteiger partial charge in [0.2, 0.25) is 5.91 Å². The smallest absolute Gasteiger partial charge is 0.238 e. The summed E-state index contributed by atoms with van der Waals surface area (Å²) in [4.78, 5) is 27.6. The molecule has 2 heterocycles. The highest BCUT2D eigenvalue weighted by atomic mass is 16.5. The van der Waals surface area contributed by atoms with Gasteiger partial charge in [-0.05, 0) is 49.1 Å². The molecule has 5 rings (SSSR count). The van der Waals surface area contributed by atoms with Crippen molar-refractivity contribution in [3.63, 3.8) is 0 Å². The van der Waals surface area contributed by atoms with Crippen molar-refractivity contribution >= 4 is 34.2 Å². The number of anilines is 1. The number of amides is 1. The molecule has 0 unspecified atom stereocenters. The van der Waals surface area contributed by atoms with E-state index in [-0.39, 0.29) is 11.3 Å². The van der Waals surface area contributed by atoms with Crippen LogP contribution in [0.1, 0.15) is 28.9 Å². The van der Waals surface area contributed by atoms with Gasteiger partial charge in [-0.3, -0.25) is 14.5 Å². The molecule has 1 aliphatic carbocycles. The maximum atomic E-state index is 13.1. The van der Waals surface area contributed by atoms with Crippen molar-refractivity contribution in [1.29, 1.82) is 0 Å². The first kappa shape index (κ1) is 20.7. The van der Waals surface area contributed by atoms with Crippen molar-refractivity contribution in [2.75, 3.05) is 38.2 Å². The van der Waals surface area contributed by atoms with Crippen LogP contribution in [0.5, 0.6) is 0 Å². The molecule has 0 spiro atoms. The Kier molecular flexibility index (Phi) is 5.64. The molecule has 6 heteroatoms. The predicted molar refractivity (Wildman–Crippen MR) is 126 cm³/mol. The molecule has 3 aromatic rings. The fraction of sp³-hybridized carbons (Fsp3) is 0.308. The normalized spacial score (nSPS) is 17.6. The first-order chi connectivity index (χ1) is 15.6. The quantitative estimate of drug-likeness (QED) is 0.681. The summed E-state index contributed by atoms with van der Waals surface area (Å²) in [5.74, 6) is 0.578. The zero-order valence-electron chi connectivity index (χ0n) is 18.1. The lowest BCUT2D eigenvalue weighted by Crippen LogP contribution is -2.41. The molecule has 0 radical (unpaired) electrons. The zero-order chi connectivity index (χ0) is 22.1. The third kappa shape index (κ3) is 4.24. The van der Waals surface area contributed by atoms with E-state index in [0.29, 0.717) is 48.6 Å². The minimum absolute atomic E-state index is 0.0137. The van der Waals surface area contributed by atoms with E-state index in [4.69, 9.17) is 9.15 Å². The highest BCUT2D eigenvalue weighted by molar-refractivity contribution is 5.95. The van der Waals surface area contributed by atoms with Crippen molar-refractivity contribution in [2.24, 2.45) is 0 Å². The number of aryl methyl sites for hydroxylation is 1. The van der Waals surface area contributed by atoms with Crippen LogP contribution >= 0.6 is 0 Å². The second kappa shape index (κ2) is 8.73. The van der Waals surface area contributed by atoms with Gasteiger partial charge in [-0.15, -0.1) is 0 Å². The van der Waals surface area contributed by atoms with Crippen molar-refractivity contribution < 1.29 is 13.9 Å². The number of benzene rings is 2. The van der Waals surface area contributed by atoms with Gasteiger partial charge in [-0.1, -0.05) is 29.8 Å². The molecular weight excluding hydrogens is 404 g/mol. The molecule has 2 aliphatic rings. The van der Waals surface area contributed by atoms with Crippen molar-refractivity contribution in [2.45, 2.75) is 19.8 Å². The van der Waals surface area contributed by atoms with Gasteiger partial charge in [0.05, 0.1) is 25.1 Å². The second-order valence-corrected chi connectivity index (χ2v) is 8.47. The van der Waals surface area contributed by atoms with Crippen LogP contribution in [0.2, 0.25) is 0 Å². The number of nitrogens with zero attached hydrogens (tertiary/aromatic N) is 1. The molecule has 0 atom stereocenters. The molecule has 0 bridgehead atoms. The topological polar surface area (TPSA) is 71.8 Å². The summed E-state index contributed by atoms with van der Waals surface area (Å²) in [5.41, 5.74) is 5.20. The Hall–Kier alpha value is -3.22. The summed E-state index contributed by atoms with van der Waals surface area (Å²) in [7, 11) is 0. The number of nitrogens with one attached hydrogen (secondary N) is 1. The summed E-state index contributed by atoms with van der Waals surface area (Å²) >= 11 is 0. The van der Waals surface area contributed by atoms with Gasteiger partial charge in [0.15, 0.2) is 5.43 Å². The van der Waals surface area contributed by atoms with Crippen LogP contribution in [0.4, 0.5) is 5.69 Å². The number of rotatable bonds is 4. The monoisotopic (exact) mass is 430 g/mol. The van der Waals surface area contributed by atoms with Gasteiger partial charge in [0.25, 0.3) is 0 Å². The summed E-state index contributed by atoms with van der Waals surface area (Å²) < 4.78 is 11.5. The molecule has 1 fully saturated rings. The Balaban J connectivity index is 1.42. The first-order valence-electron chi connectivity index (χ1n) is 11.0. The van der Waals surface area contributed by atoms with E-state index < -0.39 is 0 Å². The lowest BCUT2D eigenvalue weighted by Gasteiger charge is -2.25. The summed E-state index contributed by atoms with van der Waals surface area (Å²) in [6, 6.07) is 13.5. The lowest BCUT2D eigenvalue weighted by atomic mass is 10.1. The van der Waals surface area contributed by atoms with Gasteiger partial charge in [-0.25, -0.2) is 0 Å². The van der Waals surface area contributed by atoms with Crippen molar-refractivity contribution in [3.05, 3.63) is 75.1 Å². The average molecular weight is 431 g/mol. The Morgan fingerprint density at radius 2 is 1.88 bits per heavy atom. The Labute approximate surface area is 186 Å². The standard InChI is InChI=1S/C26H26N2O4/c1-17-2-4-18(5-3-17)14-19-6-8-22-25(30)21-9-7-20(15-23(21)32-26(19)22)27-24(29)16-28-10-12-31-13-11-28/h2-5,7,9,14-15H,6,8,10-13,16H2,1H3,(H,27,29). The number of hydrogen-bond donors (Lipinski definition) is 1. The Morgan fingerprint density at radius 3 is 2.66 bits per heavy atom. The van der Waals surface area contributed by atoms with E-state index in [0.717, 1.165) is 36.2 Å². The van der Waals surface area contributed by atoms with Crippen LogP contribution in [0, 0.1) is 6.92 Å². The van der Waals surface area contributed by atoms with E-state index in [1.165, 1.54) is 5.56 Å². The Morgan fingerprint density at radius 1 is 1.09 bits per heavy atom. The number of ether oxygens (including phenoxy) is 1. The van der Waals surface area contributed by atoms with Gasteiger partial charge in [-0.2, -0.15) is 0 Å². The highest BCUT2D eigenvalue weighted by Crippen LogP contribution is 2.34. The van der Waals surface area contributed by atoms with Crippen LogP contribution in [0.15, 0.2) is 51.7 Å². The molecule has 1 aromatic heterocycles. The van der Waals surface area contributed by atoms with Gasteiger partial charge in [0, 0.05) is 30.4 Å². The predicted octanol–water partition coefficient (Wildman–Crippen LogP) is 3.86. The first-order valence-corrected chi connectivity index (χ1v) is 11.0. The lowest BCUT2D eigenvalue weighted by molar-refractivity contribution is -0.118. The summed E-state index contributed by atoms with van der Waals surface area (Å²) in [5, 5.41) is 3.47. The highest BCUT2D eigenvalue weighted by Gasteiger charge is 2.24. The minimum atomic E-state index is -0.0882. The molecular formula is C26H26N2O4. The molecule has 1 N–H and O–H groups in total. The van der Waals surface area contributed by atoms with Crippen LogP contribution in [0.25, 0.3) is 22.6 Å². The third-order valence-corrected chi connectivity index (χ3v) is 6.10. The number of hydrogen-bond acceptors (Lipinski definition) is 5. The fourth-order valence-electron chi connectivity index (χ4n) is 4.33. The molecule has 32 heavy (non-hydrogen) atoms. The number of fused-ring (bicyclic) bond motifs is 2. The maximum absolute atomic E-state index is 13.1. The number of carbonyl (C=O) groups excluding carboxylic acids is 1. The molecule has 2 aromatic carbocycles. The van der Waals surface area contributed by atoms with Crippen molar-refractivity contribution in [3.8, 4) is 0 Å². The largest absolute Gasteiger partial charge is 0.456 e. The van der Waals surface area contributed by atoms with Gasteiger partial charge >= 0.3 is 0 Å². The van der Waals surface area contributed by atoms with E-state index >= 15 is 0 Å². The molecule has 1 saturated heterocycles. The maximum Gasteiger partial charge on any atom is 0.238 e. The molecule has 6 nitrogen and oxygen atoms in total. The van der Waals surface area contributed by atoms with Gasteiger partial charge in [0.1, 0.15) is 11.3 Å². The Bertz CT molecular complexity index is 1250. The van der Waals surface area contributed by atoms with Gasteiger partial charge < -0.3 is 14.5 Å². The van der Waals surface area contributed by atoms with Crippen molar-refractivity contribution in [1.82, 2.24) is 4.90 Å². The minimum Gasteiger partial charge on any atom is -0.456 e. The van der Waals surface area contributed by atoms with E-state index in [9.17, 15) is 9.59 Å². The second-order valence-electron chi connectivity index (χ2n) is 8.47. The molecule has 1 amide bonds. The van der Waals surface area contributed by atoms with Crippen LogP contribution in [-0.2, 0) is 16.0 Å². The zero-order valence-corrected chi connectivity index (χ0v) is 18.1. The number of morpholine rings is 1. The summed E-state index contributed by atoms with van der Waals surface area (Å²) in [6.07, 6.45) is 3.55. The molecule has 0 saturated carbocycles. The SMILES string of the molecule is Cc1ccc(C=C2CCc3c2oc2cc(NC(=O)CN4CCOCC4)ccc2c3=O)cc1. The van der Waals surface area contributed by atoms with E-state index in [1.54, 1.807) is 18.2 Å². The third-order valence-electron chi connectivity index (χ3n) is 6.10.